The molecule has 2 rings (SSSR count). The van der Waals surface area contributed by atoms with Crippen molar-refractivity contribution < 1.29 is 4.42 Å². The fourth-order valence-corrected chi connectivity index (χ4v) is 1.51. The number of aromatic nitrogens is 2. The SMILES string of the molecule is Cc1nc(C)c(Cc2ccco2)nc1C. The Labute approximate surface area is 89.2 Å². The zero-order chi connectivity index (χ0) is 10.8. The Balaban J connectivity index is 2.33. The minimum absolute atomic E-state index is 0.715. The van der Waals surface area contributed by atoms with E-state index in [1.165, 1.54) is 0 Å². The van der Waals surface area contributed by atoms with E-state index in [4.69, 9.17) is 4.42 Å². The van der Waals surface area contributed by atoms with E-state index in [0.29, 0.717) is 6.42 Å². The number of furan rings is 1. The molecule has 3 heteroatoms. The van der Waals surface area contributed by atoms with Gasteiger partial charge < -0.3 is 4.42 Å². The molecule has 0 atom stereocenters. The van der Waals surface area contributed by atoms with Crippen LogP contribution in [0.3, 0.4) is 0 Å². The summed E-state index contributed by atoms with van der Waals surface area (Å²) in [6, 6.07) is 3.84. The molecule has 0 unspecified atom stereocenters. The summed E-state index contributed by atoms with van der Waals surface area (Å²) in [5.41, 5.74) is 3.96. The molecule has 15 heavy (non-hydrogen) atoms. The van der Waals surface area contributed by atoms with Crippen molar-refractivity contribution in [1.29, 1.82) is 0 Å². The average molecular weight is 202 g/mol. The van der Waals surface area contributed by atoms with Crippen LogP contribution in [0.2, 0.25) is 0 Å². The lowest BCUT2D eigenvalue weighted by Gasteiger charge is -2.06. The maximum absolute atomic E-state index is 5.29. The van der Waals surface area contributed by atoms with Crippen LogP contribution in [0.1, 0.15) is 28.5 Å². The van der Waals surface area contributed by atoms with Crippen LogP contribution in [0, 0.1) is 20.8 Å². The number of rotatable bonds is 2. The molecule has 0 fully saturated rings. The Bertz CT molecular complexity index is 461. The molecule has 0 spiro atoms. The summed E-state index contributed by atoms with van der Waals surface area (Å²) in [5, 5.41) is 0. The van der Waals surface area contributed by atoms with Crippen molar-refractivity contribution in [1.82, 2.24) is 9.97 Å². The molecule has 0 amide bonds. The van der Waals surface area contributed by atoms with Crippen molar-refractivity contribution in [2.24, 2.45) is 0 Å². The van der Waals surface area contributed by atoms with E-state index in [1.807, 2.05) is 32.9 Å². The number of aryl methyl sites for hydroxylation is 3. The number of hydrogen-bond acceptors (Lipinski definition) is 3. The highest BCUT2D eigenvalue weighted by molar-refractivity contribution is 5.21. The first kappa shape index (κ1) is 9.90. The molecule has 0 aliphatic carbocycles. The Kier molecular flexibility index (Phi) is 2.54. The van der Waals surface area contributed by atoms with E-state index < -0.39 is 0 Å². The van der Waals surface area contributed by atoms with Gasteiger partial charge in [-0.05, 0) is 32.9 Å². The lowest BCUT2D eigenvalue weighted by atomic mass is 10.2. The van der Waals surface area contributed by atoms with Crippen LogP contribution in [-0.2, 0) is 6.42 Å². The Morgan fingerprint density at radius 2 is 1.80 bits per heavy atom. The fourth-order valence-electron chi connectivity index (χ4n) is 1.51. The molecule has 0 N–H and O–H groups in total. The third kappa shape index (κ3) is 2.06. The van der Waals surface area contributed by atoms with Crippen LogP contribution in [0.25, 0.3) is 0 Å². The van der Waals surface area contributed by atoms with E-state index in [1.54, 1.807) is 6.26 Å². The predicted octanol–water partition coefficient (Wildman–Crippen LogP) is 2.59. The van der Waals surface area contributed by atoms with Gasteiger partial charge in [-0.2, -0.15) is 0 Å². The molecule has 2 heterocycles. The van der Waals surface area contributed by atoms with Crippen molar-refractivity contribution in [2.45, 2.75) is 27.2 Å². The molecule has 2 aromatic rings. The molecule has 2 aromatic heterocycles. The molecule has 78 valence electrons. The lowest BCUT2D eigenvalue weighted by molar-refractivity contribution is 0.518. The third-order valence-corrected chi connectivity index (χ3v) is 2.50. The second-order valence-corrected chi connectivity index (χ2v) is 3.68. The minimum Gasteiger partial charge on any atom is -0.469 e. The first-order chi connectivity index (χ1) is 7.16. The van der Waals surface area contributed by atoms with Crippen LogP contribution < -0.4 is 0 Å². The summed E-state index contributed by atoms with van der Waals surface area (Å²) in [7, 11) is 0. The van der Waals surface area contributed by atoms with E-state index in [-0.39, 0.29) is 0 Å². The first-order valence-corrected chi connectivity index (χ1v) is 5.00. The van der Waals surface area contributed by atoms with Gasteiger partial charge in [0.05, 0.1) is 29.0 Å². The molecule has 3 nitrogen and oxygen atoms in total. The normalized spacial score (nSPS) is 10.6. The lowest BCUT2D eigenvalue weighted by Crippen LogP contribution is -2.02. The smallest absolute Gasteiger partial charge is 0.109 e. The van der Waals surface area contributed by atoms with Gasteiger partial charge in [-0.15, -0.1) is 0 Å². The monoisotopic (exact) mass is 202 g/mol. The molecule has 0 bridgehead atoms. The largest absolute Gasteiger partial charge is 0.469 e. The maximum Gasteiger partial charge on any atom is 0.109 e. The van der Waals surface area contributed by atoms with Gasteiger partial charge in [0.15, 0.2) is 0 Å². The Hall–Kier alpha value is -1.64. The van der Waals surface area contributed by atoms with Crippen molar-refractivity contribution in [3.8, 4) is 0 Å². The summed E-state index contributed by atoms with van der Waals surface area (Å²) in [5.74, 6) is 0.927. The molecular weight excluding hydrogens is 188 g/mol. The van der Waals surface area contributed by atoms with Gasteiger partial charge in [0, 0.05) is 6.42 Å². The summed E-state index contributed by atoms with van der Waals surface area (Å²) in [6.45, 7) is 5.94. The fraction of sp³-hybridized carbons (Fsp3) is 0.333. The van der Waals surface area contributed by atoms with Gasteiger partial charge in [-0.25, -0.2) is 0 Å². The third-order valence-electron chi connectivity index (χ3n) is 2.50. The first-order valence-electron chi connectivity index (χ1n) is 5.00. The number of hydrogen-bond donors (Lipinski definition) is 0. The number of nitrogens with zero attached hydrogens (tertiary/aromatic N) is 2. The maximum atomic E-state index is 5.29. The summed E-state index contributed by atoms with van der Waals surface area (Å²) in [4.78, 5) is 8.97. The summed E-state index contributed by atoms with van der Waals surface area (Å²) < 4.78 is 5.29. The zero-order valence-corrected chi connectivity index (χ0v) is 9.24. The molecular formula is C12H14N2O. The zero-order valence-electron chi connectivity index (χ0n) is 9.24. The molecule has 0 aliphatic heterocycles. The highest BCUT2D eigenvalue weighted by Crippen LogP contribution is 2.12. The summed E-state index contributed by atoms with van der Waals surface area (Å²) >= 11 is 0. The van der Waals surface area contributed by atoms with Gasteiger partial charge in [-0.3, -0.25) is 9.97 Å². The molecule has 0 saturated carbocycles. The van der Waals surface area contributed by atoms with Crippen molar-refractivity contribution in [3.63, 3.8) is 0 Å². The van der Waals surface area contributed by atoms with Gasteiger partial charge in [0.1, 0.15) is 5.76 Å². The molecule has 0 aliphatic rings. The summed E-state index contributed by atoms with van der Waals surface area (Å²) in [6.07, 6.45) is 2.39. The van der Waals surface area contributed by atoms with E-state index in [9.17, 15) is 0 Å². The van der Waals surface area contributed by atoms with Gasteiger partial charge >= 0.3 is 0 Å². The Morgan fingerprint density at radius 1 is 1.07 bits per heavy atom. The van der Waals surface area contributed by atoms with E-state index >= 15 is 0 Å². The predicted molar refractivity (Wildman–Crippen MR) is 57.8 cm³/mol. The van der Waals surface area contributed by atoms with Gasteiger partial charge in [-0.1, -0.05) is 0 Å². The van der Waals surface area contributed by atoms with Gasteiger partial charge in [0.2, 0.25) is 0 Å². The molecule has 0 aromatic carbocycles. The van der Waals surface area contributed by atoms with Crippen LogP contribution in [-0.4, -0.2) is 9.97 Å². The van der Waals surface area contributed by atoms with Crippen molar-refractivity contribution in [3.05, 3.63) is 46.9 Å². The topological polar surface area (TPSA) is 38.9 Å². The van der Waals surface area contributed by atoms with Crippen molar-refractivity contribution in [2.75, 3.05) is 0 Å². The molecule has 0 saturated heterocycles. The van der Waals surface area contributed by atoms with Crippen LogP contribution in [0.5, 0.6) is 0 Å². The average Bonchev–Trinajstić information content (AvgIpc) is 2.67. The standard InChI is InChI=1S/C12H14N2O/c1-8-9(2)14-12(10(3)13-8)7-11-5-4-6-15-11/h4-6H,7H2,1-3H3. The van der Waals surface area contributed by atoms with Crippen LogP contribution in [0.4, 0.5) is 0 Å². The van der Waals surface area contributed by atoms with Crippen LogP contribution in [0.15, 0.2) is 22.8 Å². The van der Waals surface area contributed by atoms with E-state index in [0.717, 1.165) is 28.5 Å². The quantitative estimate of drug-likeness (QED) is 0.751. The highest BCUT2D eigenvalue weighted by Gasteiger charge is 2.07. The van der Waals surface area contributed by atoms with Crippen LogP contribution >= 0.6 is 0 Å². The van der Waals surface area contributed by atoms with E-state index in [2.05, 4.69) is 9.97 Å². The van der Waals surface area contributed by atoms with Crippen molar-refractivity contribution >= 4 is 0 Å². The minimum atomic E-state index is 0.715. The van der Waals surface area contributed by atoms with Gasteiger partial charge in [0.25, 0.3) is 0 Å². The second kappa shape index (κ2) is 3.85. The second-order valence-electron chi connectivity index (χ2n) is 3.68. The molecule has 0 radical (unpaired) electrons. The highest BCUT2D eigenvalue weighted by atomic mass is 16.3. The Morgan fingerprint density at radius 3 is 2.47 bits per heavy atom.